The van der Waals surface area contributed by atoms with Crippen molar-refractivity contribution in [2.45, 2.75) is 26.0 Å². The van der Waals surface area contributed by atoms with Crippen LogP contribution in [0.4, 0.5) is 0 Å². The number of pyridine rings is 1. The molecule has 1 aliphatic carbocycles. The van der Waals surface area contributed by atoms with Crippen LogP contribution in [-0.4, -0.2) is 0 Å². The van der Waals surface area contributed by atoms with Crippen LogP contribution in [0.3, 0.4) is 0 Å². The molecule has 2 aliphatic rings. The Hall–Kier alpha value is -3.91. The molecule has 0 N–H and O–H groups in total. The Balaban J connectivity index is 1.62. The maximum absolute atomic E-state index is 6.50. The summed E-state index contributed by atoms with van der Waals surface area (Å²) in [5.41, 5.74) is 6.53. The zero-order valence-corrected chi connectivity index (χ0v) is 18.6. The lowest BCUT2D eigenvalue weighted by Crippen LogP contribution is -2.43. The van der Waals surface area contributed by atoms with Crippen molar-refractivity contribution in [1.29, 1.82) is 0 Å². The summed E-state index contributed by atoms with van der Waals surface area (Å²) in [6, 6.07) is 31.1. The first-order valence-corrected chi connectivity index (χ1v) is 11.6. The van der Waals surface area contributed by atoms with E-state index in [1.807, 2.05) is 0 Å². The van der Waals surface area contributed by atoms with Crippen molar-refractivity contribution in [1.82, 2.24) is 0 Å². The van der Waals surface area contributed by atoms with E-state index in [9.17, 15) is 0 Å². The highest BCUT2D eigenvalue weighted by Crippen LogP contribution is 2.56. The SMILES string of the molecule is CC1(C)c2cc3ccc4ccccc4c3[n+]3c2-c2c(cc4ccc5ccccc5c4c21)OC3. The van der Waals surface area contributed by atoms with E-state index in [1.54, 1.807) is 0 Å². The third-order valence-corrected chi connectivity index (χ3v) is 7.91. The van der Waals surface area contributed by atoms with Gasteiger partial charge in [-0.25, -0.2) is 0 Å². The largest absolute Gasteiger partial charge is 0.435 e. The number of hydrogen-bond acceptors (Lipinski definition) is 1. The van der Waals surface area contributed by atoms with Crippen LogP contribution < -0.4 is 9.30 Å². The maximum Gasteiger partial charge on any atom is 0.293 e. The Kier molecular flexibility index (Phi) is 3.05. The fourth-order valence-electron chi connectivity index (χ4n) is 6.44. The monoisotopic (exact) mass is 424 g/mol. The average Bonchev–Trinajstić information content (AvgIpc) is 3.09. The molecule has 2 heteroatoms. The Morgan fingerprint density at radius 2 is 1.39 bits per heavy atom. The van der Waals surface area contributed by atoms with Crippen LogP contribution in [0.2, 0.25) is 0 Å². The maximum atomic E-state index is 6.50. The highest BCUT2D eigenvalue weighted by molar-refractivity contribution is 6.14. The van der Waals surface area contributed by atoms with Crippen molar-refractivity contribution in [3.8, 4) is 17.0 Å². The van der Waals surface area contributed by atoms with Gasteiger partial charge in [0.15, 0.2) is 0 Å². The van der Waals surface area contributed by atoms with Crippen molar-refractivity contribution >= 4 is 43.2 Å². The number of fused-ring (bicyclic) bond motifs is 8. The molecule has 0 saturated heterocycles. The topological polar surface area (TPSA) is 13.1 Å². The summed E-state index contributed by atoms with van der Waals surface area (Å²) < 4.78 is 8.92. The number of ether oxygens (including phenoxy) is 1. The van der Waals surface area contributed by atoms with Gasteiger partial charge in [-0.05, 0) is 56.8 Å². The molecule has 0 atom stereocenters. The normalized spacial score (nSPS) is 15.3. The van der Waals surface area contributed by atoms with E-state index in [1.165, 1.54) is 65.6 Å². The predicted molar refractivity (Wildman–Crippen MR) is 135 cm³/mol. The molecule has 2 nitrogen and oxygen atoms in total. The molecule has 5 aromatic carbocycles. The fraction of sp³-hybridized carbons (Fsp3) is 0.129. The second-order valence-corrected chi connectivity index (χ2v) is 9.97. The molecule has 156 valence electrons. The molecule has 33 heavy (non-hydrogen) atoms. The van der Waals surface area contributed by atoms with Crippen molar-refractivity contribution < 1.29 is 9.30 Å². The van der Waals surface area contributed by atoms with Crippen LogP contribution in [-0.2, 0) is 12.1 Å². The molecule has 0 unspecified atom stereocenters. The van der Waals surface area contributed by atoms with Crippen molar-refractivity contribution in [2.75, 3.05) is 0 Å². The standard InChI is InChI=1S/C31H22NO/c1-31(2)24-15-21-14-12-19-8-4-6-10-23(19)29(21)32-17-33-25-16-20-13-11-18-7-3-5-9-22(18)26(20)28(31)27(25)30(24)32/h3-16H,17H2,1-2H3/q+1. The average molecular weight is 425 g/mol. The summed E-state index contributed by atoms with van der Waals surface area (Å²) in [5, 5.41) is 9.04. The molecule has 8 rings (SSSR count). The lowest BCUT2D eigenvalue weighted by molar-refractivity contribution is -0.692. The van der Waals surface area contributed by atoms with E-state index in [0.29, 0.717) is 6.73 Å². The van der Waals surface area contributed by atoms with Gasteiger partial charge < -0.3 is 4.74 Å². The summed E-state index contributed by atoms with van der Waals surface area (Å²) >= 11 is 0. The van der Waals surface area contributed by atoms with Gasteiger partial charge in [-0.3, -0.25) is 0 Å². The minimum atomic E-state index is -0.127. The molecule has 0 amide bonds. The van der Waals surface area contributed by atoms with E-state index >= 15 is 0 Å². The molecule has 1 aliphatic heterocycles. The second kappa shape index (κ2) is 5.71. The summed E-state index contributed by atoms with van der Waals surface area (Å²) in [7, 11) is 0. The lowest BCUT2D eigenvalue weighted by atomic mass is 9.79. The number of benzene rings is 5. The van der Waals surface area contributed by atoms with E-state index in [2.05, 4.69) is 103 Å². The zero-order chi connectivity index (χ0) is 21.9. The molecule has 0 bridgehead atoms. The van der Waals surface area contributed by atoms with Gasteiger partial charge in [-0.15, -0.1) is 0 Å². The Labute approximate surface area is 191 Å². The van der Waals surface area contributed by atoms with Crippen LogP contribution >= 0.6 is 0 Å². The van der Waals surface area contributed by atoms with E-state index in [4.69, 9.17) is 4.74 Å². The third-order valence-electron chi connectivity index (χ3n) is 7.91. The number of nitrogens with zero attached hydrogens (tertiary/aromatic N) is 1. The predicted octanol–water partition coefficient (Wildman–Crippen LogP) is 7.24. The molecule has 0 fully saturated rings. The minimum absolute atomic E-state index is 0.127. The fourth-order valence-corrected chi connectivity index (χ4v) is 6.44. The van der Waals surface area contributed by atoms with Gasteiger partial charge in [-0.1, -0.05) is 74.5 Å². The zero-order valence-electron chi connectivity index (χ0n) is 18.6. The lowest BCUT2D eigenvalue weighted by Gasteiger charge is -2.23. The summed E-state index contributed by atoms with van der Waals surface area (Å²) in [6.07, 6.45) is 0. The van der Waals surface area contributed by atoms with Crippen molar-refractivity contribution in [2.24, 2.45) is 0 Å². The molecule has 0 radical (unpaired) electrons. The van der Waals surface area contributed by atoms with Crippen LogP contribution in [0.15, 0.2) is 84.9 Å². The van der Waals surface area contributed by atoms with E-state index in [-0.39, 0.29) is 5.41 Å². The van der Waals surface area contributed by atoms with Gasteiger partial charge in [-0.2, -0.15) is 4.57 Å². The van der Waals surface area contributed by atoms with Gasteiger partial charge in [0.25, 0.3) is 6.73 Å². The second-order valence-electron chi connectivity index (χ2n) is 9.97. The van der Waals surface area contributed by atoms with Crippen LogP contribution in [0.1, 0.15) is 25.0 Å². The molecule has 6 aromatic rings. The third kappa shape index (κ3) is 2.03. The minimum Gasteiger partial charge on any atom is -0.435 e. The van der Waals surface area contributed by atoms with Gasteiger partial charge in [0.05, 0.1) is 10.9 Å². The molecule has 0 spiro atoms. The highest BCUT2D eigenvalue weighted by atomic mass is 16.5. The molecule has 0 saturated carbocycles. The van der Waals surface area contributed by atoms with Gasteiger partial charge in [0.1, 0.15) is 5.75 Å². The summed E-state index contributed by atoms with van der Waals surface area (Å²) in [5.74, 6) is 1.01. The van der Waals surface area contributed by atoms with Gasteiger partial charge >= 0.3 is 0 Å². The van der Waals surface area contributed by atoms with Crippen LogP contribution in [0, 0.1) is 0 Å². The molecule has 1 aromatic heterocycles. The Morgan fingerprint density at radius 1 is 0.727 bits per heavy atom. The van der Waals surface area contributed by atoms with E-state index < -0.39 is 0 Å². The van der Waals surface area contributed by atoms with Crippen LogP contribution in [0.25, 0.3) is 54.5 Å². The first-order valence-electron chi connectivity index (χ1n) is 11.6. The summed E-state index contributed by atoms with van der Waals surface area (Å²) in [6.45, 7) is 5.30. The summed E-state index contributed by atoms with van der Waals surface area (Å²) in [4.78, 5) is 0. The first kappa shape index (κ1) is 17.6. The van der Waals surface area contributed by atoms with Gasteiger partial charge in [0.2, 0.25) is 11.2 Å². The van der Waals surface area contributed by atoms with Crippen molar-refractivity contribution in [3.63, 3.8) is 0 Å². The number of aromatic nitrogens is 1. The highest BCUT2D eigenvalue weighted by Gasteiger charge is 2.47. The molecule has 2 heterocycles. The molecular weight excluding hydrogens is 402 g/mol. The van der Waals surface area contributed by atoms with Crippen LogP contribution in [0.5, 0.6) is 5.75 Å². The first-order chi connectivity index (χ1) is 16.1. The van der Waals surface area contributed by atoms with Gasteiger partial charge in [0, 0.05) is 16.4 Å². The smallest absolute Gasteiger partial charge is 0.293 e. The molecular formula is C31H22NO+. The Bertz CT molecular complexity index is 1840. The van der Waals surface area contributed by atoms with Crippen molar-refractivity contribution in [3.05, 3.63) is 96.1 Å². The Morgan fingerprint density at radius 3 is 2.21 bits per heavy atom. The number of rotatable bonds is 0. The number of hydrogen-bond donors (Lipinski definition) is 0. The van der Waals surface area contributed by atoms with E-state index in [0.717, 1.165) is 5.75 Å². The quantitative estimate of drug-likeness (QED) is 0.185.